The maximum absolute atomic E-state index is 12.5. The predicted molar refractivity (Wildman–Crippen MR) is 79.1 cm³/mol. The molecule has 1 amide bonds. The van der Waals surface area contributed by atoms with Crippen LogP contribution in [-0.4, -0.2) is 26.9 Å². The van der Waals surface area contributed by atoms with Crippen molar-refractivity contribution in [2.75, 3.05) is 6.54 Å². The summed E-state index contributed by atoms with van der Waals surface area (Å²) in [7, 11) is 1.67. The first-order valence-corrected chi connectivity index (χ1v) is 6.93. The maximum Gasteiger partial charge on any atom is 0.256 e. The molecule has 0 saturated heterocycles. The number of fused-ring (bicyclic) bond motifs is 1. The molecule has 0 bridgehead atoms. The van der Waals surface area contributed by atoms with Crippen LogP contribution in [0, 0.1) is 11.3 Å². The normalized spacial score (nSPS) is 13.4. The third-order valence-corrected chi connectivity index (χ3v) is 3.83. The van der Waals surface area contributed by atoms with Gasteiger partial charge in [-0.05, 0) is 30.7 Å². The van der Waals surface area contributed by atoms with Gasteiger partial charge in [0.1, 0.15) is 0 Å². The van der Waals surface area contributed by atoms with Crippen LogP contribution >= 0.6 is 0 Å². The van der Waals surface area contributed by atoms with Crippen LogP contribution in [0.3, 0.4) is 0 Å². The summed E-state index contributed by atoms with van der Waals surface area (Å²) < 4.78 is 1.46. The van der Waals surface area contributed by atoms with Crippen LogP contribution in [-0.2, 0) is 20.0 Å². The van der Waals surface area contributed by atoms with Crippen molar-refractivity contribution < 1.29 is 4.79 Å². The Labute approximate surface area is 127 Å². The molecule has 0 fully saturated rings. The van der Waals surface area contributed by atoms with Gasteiger partial charge in [-0.15, -0.1) is 0 Å². The number of aryl methyl sites for hydroxylation is 1. The second kappa shape index (κ2) is 5.45. The van der Waals surface area contributed by atoms with Crippen LogP contribution in [0.5, 0.6) is 0 Å². The molecule has 22 heavy (non-hydrogen) atoms. The minimum atomic E-state index is -0.113. The zero-order valence-electron chi connectivity index (χ0n) is 12.1. The highest BCUT2D eigenvalue weighted by Gasteiger charge is 2.24. The lowest BCUT2D eigenvalue weighted by Gasteiger charge is -2.27. The SMILES string of the molecule is Cn1cnc2c(c1=O)CCN(C(=O)c1ccc(C#N)cc1)C2. The number of carbonyl (C=O) groups excluding carboxylic acids is 1. The molecule has 110 valence electrons. The Bertz CT molecular complexity index is 831. The molecule has 3 rings (SSSR count). The van der Waals surface area contributed by atoms with Crippen molar-refractivity contribution in [3.05, 3.63) is 63.3 Å². The first-order chi connectivity index (χ1) is 10.6. The highest BCUT2D eigenvalue weighted by Crippen LogP contribution is 2.16. The molecule has 2 heterocycles. The van der Waals surface area contributed by atoms with E-state index in [9.17, 15) is 9.59 Å². The highest BCUT2D eigenvalue weighted by atomic mass is 16.2. The summed E-state index contributed by atoms with van der Waals surface area (Å²) >= 11 is 0. The van der Waals surface area contributed by atoms with Crippen LogP contribution in [0.25, 0.3) is 0 Å². The lowest BCUT2D eigenvalue weighted by Crippen LogP contribution is -2.40. The summed E-state index contributed by atoms with van der Waals surface area (Å²) in [5.41, 5.74) is 2.36. The quantitative estimate of drug-likeness (QED) is 0.781. The van der Waals surface area contributed by atoms with Gasteiger partial charge in [0.2, 0.25) is 0 Å². The van der Waals surface area contributed by atoms with Gasteiger partial charge in [0.25, 0.3) is 11.5 Å². The molecule has 0 N–H and O–H groups in total. The van der Waals surface area contributed by atoms with Gasteiger partial charge in [0, 0.05) is 24.7 Å². The third kappa shape index (κ3) is 2.37. The molecule has 0 aliphatic carbocycles. The zero-order chi connectivity index (χ0) is 15.7. The van der Waals surface area contributed by atoms with E-state index in [1.165, 1.54) is 10.9 Å². The van der Waals surface area contributed by atoms with E-state index in [-0.39, 0.29) is 11.5 Å². The molecule has 1 aliphatic rings. The Balaban J connectivity index is 1.85. The molecule has 0 radical (unpaired) electrons. The smallest absolute Gasteiger partial charge is 0.256 e. The number of amides is 1. The molecular weight excluding hydrogens is 280 g/mol. The van der Waals surface area contributed by atoms with E-state index < -0.39 is 0 Å². The Morgan fingerprint density at radius 3 is 2.73 bits per heavy atom. The van der Waals surface area contributed by atoms with Crippen LogP contribution in [0.1, 0.15) is 27.2 Å². The summed E-state index contributed by atoms with van der Waals surface area (Å²) in [5, 5.41) is 8.79. The van der Waals surface area contributed by atoms with Gasteiger partial charge < -0.3 is 9.47 Å². The number of nitrogens with zero attached hydrogens (tertiary/aromatic N) is 4. The average Bonchev–Trinajstić information content (AvgIpc) is 2.57. The summed E-state index contributed by atoms with van der Waals surface area (Å²) in [4.78, 5) is 30.4. The van der Waals surface area contributed by atoms with Crippen LogP contribution < -0.4 is 5.56 Å². The van der Waals surface area contributed by atoms with Gasteiger partial charge >= 0.3 is 0 Å². The monoisotopic (exact) mass is 294 g/mol. The Kier molecular flexibility index (Phi) is 3.47. The van der Waals surface area contributed by atoms with Crippen molar-refractivity contribution in [1.29, 1.82) is 5.26 Å². The summed E-state index contributed by atoms with van der Waals surface area (Å²) in [6.45, 7) is 0.830. The van der Waals surface area contributed by atoms with Gasteiger partial charge in [0.05, 0.1) is 30.2 Å². The van der Waals surface area contributed by atoms with Crippen molar-refractivity contribution in [2.24, 2.45) is 7.05 Å². The number of hydrogen-bond donors (Lipinski definition) is 0. The standard InChI is InChI=1S/C16H14N4O2/c1-19-10-18-14-9-20(7-6-13(14)16(19)22)15(21)12-4-2-11(8-17)3-5-12/h2-5,10H,6-7,9H2,1H3. The van der Waals surface area contributed by atoms with E-state index in [1.807, 2.05) is 6.07 Å². The van der Waals surface area contributed by atoms with Gasteiger partial charge in [0.15, 0.2) is 0 Å². The fourth-order valence-electron chi connectivity index (χ4n) is 2.56. The van der Waals surface area contributed by atoms with Crippen molar-refractivity contribution in [1.82, 2.24) is 14.5 Å². The molecule has 2 aromatic rings. The number of benzene rings is 1. The summed E-state index contributed by atoms with van der Waals surface area (Å²) in [6, 6.07) is 8.57. The second-order valence-electron chi connectivity index (χ2n) is 5.25. The number of nitriles is 1. The largest absolute Gasteiger partial charge is 0.332 e. The molecule has 1 aromatic heterocycles. The zero-order valence-corrected chi connectivity index (χ0v) is 12.1. The van der Waals surface area contributed by atoms with Gasteiger partial charge in [-0.2, -0.15) is 5.26 Å². The Morgan fingerprint density at radius 1 is 1.32 bits per heavy atom. The lowest BCUT2D eigenvalue weighted by molar-refractivity contribution is 0.0731. The van der Waals surface area contributed by atoms with Gasteiger partial charge in [-0.25, -0.2) is 4.98 Å². The van der Waals surface area contributed by atoms with Gasteiger partial charge in [-0.1, -0.05) is 0 Å². The number of hydrogen-bond acceptors (Lipinski definition) is 4. The van der Waals surface area contributed by atoms with Gasteiger partial charge in [-0.3, -0.25) is 9.59 Å². The van der Waals surface area contributed by atoms with E-state index in [2.05, 4.69) is 4.98 Å². The molecule has 0 saturated carbocycles. The van der Waals surface area contributed by atoms with E-state index >= 15 is 0 Å². The molecule has 0 atom stereocenters. The van der Waals surface area contributed by atoms with Crippen LogP contribution in [0.15, 0.2) is 35.4 Å². The van der Waals surface area contributed by atoms with Crippen molar-refractivity contribution >= 4 is 5.91 Å². The molecule has 1 aliphatic heterocycles. The minimum absolute atomic E-state index is 0.0459. The maximum atomic E-state index is 12.5. The van der Waals surface area contributed by atoms with Crippen LogP contribution in [0.4, 0.5) is 0 Å². The first-order valence-electron chi connectivity index (χ1n) is 6.93. The molecule has 0 spiro atoms. The third-order valence-electron chi connectivity index (χ3n) is 3.83. The molecule has 0 unspecified atom stereocenters. The Morgan fingerprint density at radius 2 is 2.05 bits per heavy atom. The van der Waals surface area contributed by atoms with E-state index in [0.29, 0.717) is 41.9 Å². The molecule has 6 nitrogen and oxygen atoms in total. The number of carbonyl (C=O) groups is 1. The minimum Gasteiger partial charge on any atom is -0.332 e. The summed E-state index contributed by atoms with van der Waals surface area (Å²) in [6.07, 6.45) is 1.99. The topological polar surface area (TPSA) is 79.0 Å². The van der Waals surface area contributed by atoms with E-state index in [1.54, 1.807) is 36.2 Å². The lowest BCUT2D eigenvalue weighted by atomic mass is 10.0. The second-order valence-corrected chi connectivity index (χ2v) is 5.25. The van der Waals surface area contributed by atoms with E-state index in [4.69, 9.17) is 5.26 Å². The summed E-state index contributed by atoms with van der Waals surface area (Å²) in [5.74, 6) is -0.113. The fraction of sp³-hybridized carbons (Fsp3) is 0.250. The number of rotatable bonds is 1. The average molecular weight is 294 g/mol. The molecule has 6 heteroatoms. The molecular formula is C16H14N4O2. The van der Waals surface area contributed by atoms with Crippen LogP contribution in [0.2, 0.25) is 0 Å². The van der Waals surface area contributed by atoms with Crippen molar-refractivity contribution in [3.8, 4) is 6.07 Å². The predicted octanol–water partition coefficient (Wildman–Crippen LogP) is 0.850. The first kappa shape index (κ1) is 14.0. The van der Waals surface area contributed by atoms with Crippen molar-refractivity contribution in [2.45, 2.75) is 13.0 Å². The van der Waals surface area contributed by atoms with E-state index in [0.717, 1.165) is 0 Å². The molecule has 1 aromatic carbocycles. The van der Waals surface area contributed by atoms with Crippen molar-refractivity contribution in [3.63, 3.8) is 0 Å². The Hall–Kier alpha value is -2.94. The fourth-order valence-corrected chi connectivity index (χ4v) is 2.56. The number of aromatic nitrogens is 2. The highest BCUT2D eigenvalue weighted by molar-refractivity contribution is 5.94.